The Hall–Kier alpha value is -2.58. The number of ketones is 1. The fourth-order valence-electron chi connectivity index (χ4n) is 3.73. The van der Waals surface area contributed by atoms with Crippen molar-refractivity contribution in [3.63, 3.8) is 0 Å². The van der Waals surface area contributed by atoms with Crippen LogP contribution in [0.4, 0.5) is 13.2 Å². The van der Waals surface area contributed by atoms with E-state index in [0.717, 1.165) is 33.8 Å². The van der Waals surface area contributed by atoms with Crippen molar-refractivity contribution in [2.24, 2.45) is 0 Å². The minimum atomic E-state index is -4.37. The van der Waals surface area contributed by atoms with E-state index in [2.05, 4.69) is 0 Å². The lowest BCUT2D eigenvalue weighted by atomic mass is 9.98. The number of halogens is 3. The number of thiazole rings is 1. The summed E-state index contributed by atoms with van der Waals surface area (Å²) in [6.45, 7) is 8.42. The monoisotopic (exact) mass is 519 g/mol. The van der Waals surface area contributed by atoms with E-state index in [1.54, 1.807) is 0 Å². The molecule has 0 aliphatic heterocycles. The molecule has 1 aromatic heterocycles. The van der Waals surface area contributed by atoms with Gasteiger partial charge in [0.05, 0.1) is 17.9 Å². The molecule has 0 amide bonds. The molecule has 0 saturated carbocycles. The Bertz CT molecular complexity index is 1200. The zero-order chi connectivity index (χ0) is 25.8. The fraction of sp³-hybridized carbons (Fsp3) is 0.370. The van der Waals surface area contributed by atoms with Crippen molar-refractivity contribution in [1.29, 1.82) is 0 Å². The van der Waals surface area contributed by atoms with E-state index >= 15 is 0 Å². The molecule has 3 aromatic rings. The average molecular weight is 520 g/mol. The first-order chi connectivity index (χ1) is 16.5. The summed E-state index contributed by atoms with van der Waals surface area (Å²) in [5, 5.41) is 1.19. The van der Waals surface area contributed by atoms with Crippen LogP contribution in [0.2, 0.25) is 0 Å². The zero-order valence-electron chi connectivity index (χ0n) is 20.2. The highest BCUT2D eigenvalue weighted by molar-refractivity contribution is 7.80. The van der Waals surface area contributed by atoms with Crippen LogP contribution >= 0.6 is 23.6 Å². The highest BCUT2D eigenvalue weighted by atomic mass is 32.1. The summed E-state index contributed by atoms with van der Waals surface area (Å²) < 4.78 is 44.0. The van der Waals surface area contributed by atoms with Crippen LogP contribution in [0.25, 0.3) is 10.6 Å². The second kappa shape index (κ2) is 11.4. The molecule has 1 heterocycles. The molecule has 0 bridgehead atoms. The van der Waals surface area contributed by atoms with Crippen LogP contribution in [0.5, 0.6) is 0 Å². The number of Topliss-reactive ketones (excluding diaryl/α,β-unsaturated/α-hetero) is 1. The molecule has 8 heteroatoms. The number of benzene rings is 2. The quantitative estimate of drug-likeness (QED) is 0.212. The van der Waals surface area contributed by atoms with Gasteiger partial charge < -0.3 is 4.74 Å². The predicted octanol–water partition coefficient (Wildman–Crippen LogP) is 7.98. The van der Waals surface area contributed by atoms with Crippen LogP contribution in [0.1, 0.15) is 70.7 Å². The van der Waals surface area contributed by atoms with Gasteiger partial charge in [-0.25, -0.2) is 4.98 Å². The molecule has 0 atom stereocenters. The Morgan fingerprint density at radius 3 is 2.40 bits per heavy atom. The number of rotatable bonds is 9. The first-order valence-electron chi connectivity index (χ1n) is 11.4. The molecule has 0 spiro atoms. The Morgan fingerprint density at radius 1 is 1.14 bits per heavy atom. The summed E-state index contributed by atoms with van der Waals surface area (Å²) in [7, 11) is 0. The van der Waals surface area contributed by atoms with E-state index in [4.69, 9.17) is 21.9 Å². The maximum absolute atomic E-state index is 12.9. The summed E-state index contributed by atoms with van der Waals surface area (Å²) in [6, 6.07) is 10.7. The minimum absolute atomic E-state index is 0.0335. The van der Waals surface area contributed by atoms with Gasteiger partial charge in [-0.1, -0.05) is 38.1 Å². The largest absolute Gasteiger partial charge is 0.487 e. The lowest BCUT2D eigenvalue weighted by Crippen LogP contribution is -2.08. The molecule has 0 aliphatic carbocycles. The molecular formula is C27H28F3NO2S2. The molecular weight excluding hydrogens is 491 g/mol. The molecule has 186 valence electrons. The lowest BCUT2D eigenvalue weighted by Gasteiger charge is -2.10. The van der Waals surface area contributed by atoms with Gasteiger partial charge in [-0.15, -0.1) is 11.3 Å². The number of thiocarbonyl (C=S) groups is 1. The summed E-state index contributed by atoms with van der Waals surface area (Å²) in [6.07, 6.45) is -2.99. The van der Waals surface area contributed by atoms with Crippen molar-refractivity contribution in [2.45, 2.75) is 59.1 Å². The normalized spacial score (nSPS) is 11.7. The van der Waals surface area contributed by atoms with Crippen molar-refractivity contribution in [3.05, 3.63) is 75.3 Å². The van der Waals surface area contributed by atoms with Gasteiger partial charge >= 0.3 is 6.18 Å². The molecule has 0 N–H and O–H groups in total. The van der Waals surface area contributed by atoms with Gasteiger partial charge in [-0.2, -0.15) is 13.2 Å². The van der Waals surface area contributed by atoms with Crippen LogP contribution < -0.4 is 0 Å². The molecule has 2 aromatic carbocycles. The number of ether oxygens (including phenoxy) is 1. The standard InChI is InChI=1S/C27H28F3NO2S2/c1-5-33-24(34)15-19-6-7-20(14-17(19)4)22(32)12-13-23-25(16(2)3)31-26(35-23)18-8-10-21(11-9-18)27(28,29)30/h6-11,14,16H,5,12-13,15H2,1-4H3. The van der Waals surface area contributed by atoms with Crippen molar-refractivity contribution in [3.8, 4) is 10.6 Å². The van der Waals surface area contributed by atoms with Crippen LogP contribution in [0, 0.1) is 6.92 Å². The van der Waals surface area contributed by atoms with E-state index in [-0.39, 0.29) is 11.7 Å². The number of aryl methyl sites for hydroxylation is 2. The maximum atomic E-state index is 12.9. The highest BCUT2D eigenvalue weighted by Crippen LogP contribution is 2.35. The Balaban J connectivity index is 1.73. The fourth-order valence-corrected chi connectivity index (χ4v) is 5.22. The van der Waals surface area contributed by atoms with Gasteiger partial charge in [0.15, 0.2) is 10.8 Å². The van der Waals surface area contributed by atoms with E-state index in [1.807, 2.05) is 45.9 Å². The minimum Gasteiger partial charge on any atom is -0.487 e. The number of carbonyl (C=O) groups is 1. The number of aromatic nitrogens is 1. The smallest absolute Gasteiger partial charge is 0.416 e. The summed E-state index contributed by atoms with van der Waals surface area (Å²) in [5.74, 6) is 0.168. The van der Waals surface area contributed by atoms with Crippen molar-refractivity contribution < 1.29 is 22.7 Å². The number of carbonyl (C=O) groups excluding carboxylic acids is 1. The lowest BCUT2D eigenvalue weighted by molar-refractivity contribution is -0.137. The van der Waals surface area contributed by atoms with E-state index in [9.17, 15) is 18.0 Å². The van der Waals surface area contributed by atoms with E-state index < -0.39 is 11.7 Å². The third-order valence-corrected chi connectivity index (χ3v) is 7.06. The first kappa shape index (κ1) is 27.0. The van der Waals surface area contributed by atoms with E-state index in [1.165, 1.54) is 23.5 Å². The number of nitrogens with zero attached hydrogens (tertiary/aromatic N) is 1. The summed E-state index contributed by atoms with van der Waals surface area (Å²) in [5.41, 5.74) is 3.50. The van der Waals surface area contributed by atoms with Crippen molar-refractivity contribution in [1.82, 2.24) is 4.98 Å². The molecule has 0 aliphatic rings. The van der Waals surface area contributed by atoms with Crippen molar-refractivity contribution in [2.75, 3.05) is 6.61 Å². The molecule has 0 unspecified atom stereocenters. The molecule has 0 radical (unpaired) electrons. The van der Waals surface area contributed by atoms with Crippen LogP contribution in [0.3, 0.4) is 0 Å². The van der Waals surface area contributed by atoms with Gasteiger partial charge in [0.2, 0.25) is 0 Å². The highest BCUT2D eigenvalue weighted by Gasteiger charge is 2.30. The third-order valence-electron chi connectivity index (χ3n) is 5.62. The van der Waals surface area contributed by atoms with Gasteiger partial charge in [0.25, 0.3) is 0 Å². The summed E-state index contributed by atoms with van der Waals surface area (Å²) in [4.78, 5) is 18.6. The number of alkyl halides is 3. The second-order valence-corrected chi connectivity index (χ2v) is 10.1. The Kier molecular flexibility index (Phi) is 8.83. The number of hydrogen-bond acceptors (Lipinski definition) is 5. The molecule has 35 heavy (non-hydrogen) atoms. The van der Waals surface area contributed by atoms with E-state index in [0.29, 0.717) is 47.1 Å². The second-order valence-electron chi connectivity index (χ2n) is 8.60. The Morgan fingerprint density at radius 2 is 1.83 bits per heavy atom. The summed E-state index contributed by atoms with van der Waals surface area (Å²) >= 11 is 6.66. The van der Waals surface area contributed by atoms with Crippen LogP contribution in [0.15, 0.2) is 42.5 Å². The molecule has 0 fully saturated rings. The zero-order valence-corrected chi connectivity index (χ0v) is 21.8. The topological polar surface area (TPSA) is 39.2 Å². The Labute approximate surface area is 213 Å². The van der Waals surface area contributed by atoms with Gasteiger partial charge in [0.1, 0.15) is 5.01 Å². The first-order valence-corrected chi connectivity index (χ1v) is 12.7. The maximum Gasteiger partial charge on any atom is 0.416 e. The molecule has 3 rings (SSSR count). The average Bonchev–Trinajstić information content (AvgIpc) is 3.23. The number of hydrogen-bond donors (Lipinski definition) is 0. The SMILES string of the molecule is CCOC(=S)Cc1ccc(C(=O)CCc2sc(-c3ccc(C(F)(F)F)cc3)nc2C(C)C)cc1C. The van der Waals surface area contributed by atoms with Gasteiger partial charge in [-0.3, -0.25) is 4.79 Å². The van der Waals surface area contributed by atoms with Gasteiger partial charge in [0, 0.05) is 28.8 Å². The van der Waals surface area contributed by atoms with Crippen LogP contribution in [-0.4, -0.2) is 22.4 Å². The molecule has 0 saturated heterocycles. The predicted molar refractivity (Wildman–Crippen MR) is 138 cm³/mol. The molecule has 3 nitrogen and oxygen atoms in total. The van der Waals surface area contributed by atoms with Crippen LogP contribution in [-0.2, 0) is 23.8 Å². The van der Waals surface area contributed by atoms with Crippen molar-refractivity contribution >= 4 is 34.4 Å². The van der Waals surface area contributed by atoms with Gasteiger partial charge in [-0.05, 0) is 67.7 Å². The third kappa shape index (κ3) is 6.98.